The quantitative estimate of drug-likeness (QED) is 0.184. The summed E-state index contributed by atoms with van der Waals surface area (Å²) in [7, 11) is 0. The van der Waals surface area contributed by atoms with Crippen molar-refractivity contribution >= 4 is 114 Å². The molecule has 4 aromatic heterocycles. The summed E-state index contributed by atoms with van der Waals surface area (Å²) in [5, 5.41) is 9.34. The molecular weight excluding hydrogens is 669 g/mol. The predicted octanol–water partition coefficient (Wildman–Crippen LogP) is 14.4. The normalized spacial score (nSPS) is 12.2. The van der Waals surface area contributed by atoms with Crippen molar-refractivity contribution in [3.05, 3.63) is 170 Å². The van der Waals surface area contributed by atoms with Gasteiger partial charge in [-0.3, -0.25) is 0 Å². The number of furan rings is 2. The van der Waals surface area contributed by atoms with Gasteiger partial charge in [-0.05, 0) is 60.7 Å². The van der Waals surface area contributed by atoms with E-state index in [4.69, 9.17) is 8.83 Å². The van der Waals surface area contributed by atoms with Crippen LogP contribution in [-0.4, -0.2) is 4.57 Å². The lowest BCUT2D eigenvalue weighted by Crippen LogP contribution is -2.10. The highest BCUT2D eigenvalue weighted by Crippen LogP contribution is 2.48. The van der Waals surface area contributed by atoms with E-state index in [1.54, 1.807) is 0 Å². The summed E-state index contributed by atoms with van der Waals surface area (Å²) in [5.74, 6) is 0. The molecule has 0 fully saturated rings. The maximum atomic E-state index is 6.79. The van der Waals surface area contributed by atoms with Gasteiger partial charge in [-0.15, -0.1) is 11.3 Å². The molecule has 0 atom stereocenters. The van der Waals surface area contributed by atoms with Gasteiger partial charge in [0.2, 0.25) is 0 Å². The first-order valence-electron chi connectivity index (χ1n) is 17.8. The Morgan fingerprint density at radius 3 is 1.91 bits per heavy atom. The van der Waals surface area contributed by atoms with E-state index in [1.807, 2.05) is 23.5 Å². The van der Waals surface area contributed by atoms with Crippen LogP contribution in [0.4, 0.5) is 17.1 Å². The number of aromatic nitrogens is 1. The van der Waals surface area contributed by atoms with Crippen molar-refractivity contribution in [2.45, 2.75) is 0 Å². The predicted molar refractivity (Wildman–Crippen MR) is 223 cm³/mol. The fourth-order valence-electron chi connectivity index (χ4n) is 8.53. The van der Waals surface area contributed by atoms with Gasteiger partial charge < -0.3 is 18.3 Å². The second-order valence-corrected chi connectivity index (χ2v) is 14.7. The van der Waals surface area contributed by atoms with Crippen molar-refractivity contribution in [3.8, 4) is 5.69 Å². The number of hydrogen-bond donors (Lipinski definition) is 0. The van der Waals surface area contributed by atoms with Crippen LogP contribution in [0.15, 0.2) is 179 Å². The van der Waals surface area contributed by atoms with E-state index in [0.717, 1.165) is 66.6 Å². The molecule has 0 radical (unpaired) electrons. The third kappa shape index (κ3) is 4.05. The van der Waals surface area contributed by atoms with Crippen LogP contribution < -0.4 is 4.90 Å². The average molecular weight is 697 g/mol. The second-order valence-electron chi connectivity index (χ2n) is 13.6. The number of benzene rings is 8. The molecule has 0 amide bonds. The number of fused-ring (bicyclic) bond motifs is 12. The van der Waals surface area contributed by atoms with Gasteiger partial charge in [0.25, 0.3) is 0 Å². The summed E-state index contributed by atoms with van der Waals surface area (Å²) in [6.07, 6.45) is 0. The van der Waals surface area contributed by atoms with Gasteiger partial charge in [0, 0.05) is 48.5 Å². The molecule has 0 aliphatic rings. The standard InChI is InChI=1S/C48H28N2O2S/c1-5-18-37-30(12-1)31-13-2-6-19-38(31)50(37)39-20-11-24-43-46(39)36-27-26-29(28-44(36)51-43)49(40-21-9-16-34-32-14-3-7-23-42(32)52-47(34)40)41-22-10-17-35-33-15-4-8-25-45(33)53-48(35)41/h1-28H. The Kier molecular flexibility index (Phi) is 5.90. The van der Waals surface area contributed by atoms with E-state index in [0.29, 0.717) is 0 Å². The molecule has 12 rings (SSSR count). The Balaban J connectivity index is 1.13. The van der Waals surface area contributed by atoms with Crippen LogP contribution in [0, 0.1) is 0 Å². The van der Waals surface area contributed by atoms with E-state index >= 15 is 0 Å². The minimum atomic E-state index is 0.830. The van der Waals surface area contributed by atoms with Crippen molar-refractivity contribution in [1.82, 2.24) is 4.57 Å². The summed E-state index contributed by atoms with van der Waals surface area (Å²) in [6, 6.07) is 60.4. The first-order valence-corrected chi connectivity index (χ1v) is 18.7. The van der Waals surface area contributed by atoms with E-state index < -0.39 is 0 Å². The topological polar surface area (TPSA) is 34.5 Å². The second kappa shape index (κ2) is 10.8. The Morgan fingerprint density at radius 2 is 1.08 bits per heavy atom. The number of thiophene rings is 1. The van der Waals surface area contributed by atoms with E-state index in [-0.39, 0.29) is 0 Å². The van der Waals surface area contributed by atoms with Crippen LogP contribution in [0.25, 0.3) is 91.5 Å². The molecule has 0 saturated heterocycles. The highest BCUT2D eigenvalue weighted by Gasteiger charge is 2.24. The summed E-state index contributed by atoms with van der Waals surface area (Å²) in [5.41, 5.74) is 9.93. The first kappa shape index (κ1) is 28.8. The third-order valence-electron chi connectivity index (χ3n) is 10.8. The van der Waals surface area contributed by atoms with E-state index in [1.165, 1.54) is 42.0 Å². The zero-order valence-corrected chi connectivity index (χ0v) is 29.1. The zero-order valence-electron chi connectivity index (χ0n) is 28.3. The van der Waals surface area contributed by atoms with Crippen LogP contribution in [0.3, 0.4) is 0 Å². The van der Waals surface area contributed by atoms with Crippen LogP contribution in [0.5, 0.6) is 0 Å². The fourth-order valence-corrected chi connectivity index (χ4v) is 9.73. The largest absolute Gasteiger partial charge is 0.456 e. The van der Waals surface area contributed by atoms with Crippen LogP contribution in [0.2, 0.25) is 0 Å². The van der Waals surface area contributed by atoms with E-state index in [9.17, 15) is 0 Å². The van der Waals surface area contributed by atoms with Crippen molar-refractivity contribution in [1.29, 1.82) is 0 Å². The van der Waals surface area contributed by atoms with Gasteiger partial charge in [-0.25, -0.2) is 0 Å². The molecule has 8 aromatic carbocycles. The minimum absolute atomic E-state index is 0.830. The number of para-hydroxylation sites is 4. The van der Waals surface area contributed by atoms with Crippen LogP contribution in [0.1, 0.15) is 0 Å². The van der Waals surface area contributed by atoms with Gasteiger partial charge in [0.05, 0.1) is 43.9 Å². The van der Waals surface area contributed by atoms with Crippen LogP contribution in [-0.2, 0) is 0 Å². The average Bonchev–Trinajstić information content (AvgIpc) is 3.97. The molecule has 0 bridgehead atoms. The summed E-state index contributed by atoms with van der Waals surface area (Å²) < 4.78 is 18.3. The maximum Gasteiger partial charge on any atom is 0.159 e. The molecule has 4 nitrogen and oxygen atoms in total. The molecular formula is C48H28N2O2S. The third-order valence-corrected chi connectivity index (χ3v) is 12.0. The summed E-state index contributed by atoms with van der Waals surface area (Å²) in [4.78, 5) is 2.35. The monoisotopic (exact) mass is 696 g/mol. The fraction of sp³-hybridized carbons (Fsp3) is 0. The maximum absolute atomic E-state index is 6.79. The molecule has 248 valence electrons. The molecule has 53 heavy (non-hydrogen) atoms. The van der Waals surface area contributed by atoms with Gasteiger partial charge >= 0.3 is 0 Å². The molecule has 0 spiro atoms. The Bertz CT molecular complexity index is 3270. The molecule has 0 unspecified atom stereocenters. The lowest BCUT2D eigenvalue weighted by Gasteiger charge is -2.26. The summed E-state index contributed by atoms with van der Waals surface area (Å²) >= 11 is 1.83. The number of anilines is 3. The van der Waals surface area contributed by atoms with Gasteiger partial charge in [0.1, 0.15) is 16.7 Å². The summed E-state index contributed by atoms with van der Waals surface area (Å²) in [6.45, 7) is 0. The molecule has 4 heterocycles. The minimum Gasteiger partial charge on any atom is -0.456 e. The first-order chi connectivity index (χ1) is 26.3. The zero-order chi connectivity index (χ0) is 34.6. The van der Waals surface area contributed by atoms with Crippen LogP contribution >= 0.6 is 11.3 Å². The Morgan fingerprint density at radius 1 is 0.434 bits per heavy atom. The Labute approximate surface area is 306 Å². The molecule has 12 aromatic rings. The Hall–Kier alpha value is -6.82. The van der Waals surface area contributed by atoms with Crippen molar-refractivity contribution in [2.24, 2.45) is 0 Å². The van der Waals surface area contributed by atoms with Gasteiger partial charge in [0.15, 0.2) is 5.58 Å². The number of hydrogen-bond acceptors (Lipinski definition) is 4. The lowest BCUT2D eigenvalue weighted by molar-refractivity contribution is 0.667. The highest BCUT2D eigenvalue weighted by atomic mass is 32.1. The van der Waals surface area contributed by atoms with Crippen molar-refractivity contribution in [2.75, 3.05) is 4.90 Å². The van der Waals surface area contributed by atoms with E-state index in [2.05, 4.69) is 167 Å². The number of rotatable bonds is 4. The smallest absolute Gasteiger partial charge is 0.159 e. The van der Waals surface area contributed by atoms with Crippen molar-refractivity contribution < 1.29 is 8.83 Å². The lowest BCUT2D eigenvalue weighted by atomic mass is 10.1. The van der Waals surface area contributed by atoms with Gasteiger partial charge in [-0.2, -0.15) is 0 Å². The number of nitrogens with zero attached hydrogens (tertiary/aromatic N) is 2. The van der Waals surface area contributed by atoms with Gasteiger partial charge in [-0.1, -0.05) is 103 Å². The highest BCUT2D eigenvalue weighted by molar-refractivity contribution is 7.26. The molecule has 0 saturated carbocycles. The van der Waals surface area contributed by atoms with Crippen molar-refractivity contribution in [3.63, 3.8) is 0 Å². The molecule has 5 heteroatoms. The molecule has 0 N–H and O–H groups in total. The SMILES string of the molecule is c1ccc2c(c1)oc1c(N(c3ccc4c(c3)oc3cccc(-n5c6ccccc6c6ccccc65)c34)c3cccc4c3sc3ccccc34)cccc12. The molecule has 0 aliphatic carbocycles. The molecule has 0 aliphatic heterocycles.